The lowest BCUT2D eigenvalue weighted by atomic mass is 10.0. The Kier molecular flexibility index (Phi) is 4.40. The number of nitrogens with one attached hydrogen (secondary N) is 1. The van der Waals surface area contributed by atoms with Gasteiger partial charge in [0, 0.05) is 6.04 Å². The molecule has 0 aromatic heterocycles. The van der Waals surface area contributed by atoms with Gasteiger partial charge in [0.25, 0.3) is 0 Å². The van der Waals surface area contributed by atoms with Gasteiger partial charge in [0.05, 0.1) is 10.6 Å². The Morgan fingerprint density at radius 2 is 2.17 bits per heavy atom. The summed E-state index contributed by atoms with van der Waals surface area (Å²) in [6.07, 6.45) is 4.24. The third kappa shape index (κ3) is 3.56. The molecule has 4 heteroatoms. The second-order valence-corrected chi connectivity index (χ2v) is 7.18. The molecule has 0 radical (unpaired) electrons. The fourth-order valence-corrected chi connectivity index (χ4v) is 3.88. The Hall–Kier alpha value is -0.870. The van der Waals surface area contributed by atoms with Gasteiger partial charge < -0.3 is 5.32 Å². The van der Waals surface area contributed by atoms with Crippen molar-refractivity contribution in [2.75, 3.05) is 12.3 Å². The molecular formula is C14H21NO2S. The zero-order valence-electron chi connectivity index (χ0n) is 10.9. The van der Waals surface area contributed by atoms with Crippen LogP contribution in [0.4, 0.5) is 0 Å². The lowest BCUT2D eigenvalue weighted by Crippen LogP contribution is -2.35. The van der Waals surface area contributed by atoms with Crippen LogP contribution in [0.3, 0.4) is 0 Å². The van der Waals surface area contributed by atoms with E-state index in [4.69, 9.17) is 0 Å². The van der Waals surface area contributed by atoms with E-state index < -0.39 is 9.84 Å². The Balaban J connectivity index is 1.98. The molecule has 0 saturated carbocycles. The fourth-order valence-electron chi connectivity index (χ4n) is 2.39. The number of sulfone groups is 1. The van der Waals surface area contributed by atoms with Crippen molar-refractivity contribution in [1.82, 2.24) is 5.32 Å². The highest BCUT2D eigenvalue weighted by atomic mass is 32.2. The van der Waals surface area contributed by atoms with E-state index in [1.165, 1.54) is 12.8 Å². The van der Waals surface area contributed by atoms with Gasteiger partial charge in [0.2, 0.25) is 0 Å². The molecule has 1 aromatic carbocycles. The molecule has 1 unspecified atom stereocenters. The topological polar surface area (TPSA) is 46.2 Å². The van der Waals surface area contributed by atoms with E-state index in [9.17, 15) is 8.42 Å². The van der Waals surface area contributed by atoms with Gasteiger partial charge in [0.15, 0.2) is 9.84 Å². The number of rotatable bonds is 4. The van der Waals surface area contributed by atoms with Crippen molar-refractivity contribution >= 4 is 9.84 Å². The molecule has 1 N–H and O–H groups in total. The van der Waals surface area contributed by atoms with Crippen molar-refractivity contribution in [2.24, 2.45) is 0 Å². The predicted molar refractivity (Wildman–Crippen MR) is 73.5 cm³/mol. The van der Waals surface area contributed by atoms with Crippen molar-refractivity contribution in [3.05, 3.63) is 29.8 Å². The van der Waals surface area contributed by atoms with E-state index in [0.29, 0.717) is 10.9 Å². The molecule has 1 atom stereocenters. The van der Waals surface area contributed by atoms with E-state index >= 15 is 0 Å². The Bertz CT molecular complexity index is 490. The first-order valence-electron chi connectivity index (χ1n) is 6.61. The Morgan fingerprint density at radius 3 is 2.83 bits per heavy atom. The maximum Gasteiger partial charge on any atom is 0.178 e. The van der Waals surface area contributed by atoms with Gasteiger partial charge in [-0.05, 0) is 50.4 Å². The molecule has 1 aliphatic rings. The second kappa shape index (κ2) is 5.85. The van der Waals surface area contributed by atoms with Crippen LogP contribution in [-0.4, -0.2) is 26.8 Å². The van der Waals surface area contributed by atoms with E-state index in [0.717, 1.165) is 24.9 Å². The zero-order chi connectivity index (χ0) is 13.0. The van der Waals surface area contributed by atoms with Crippen LogP contribution in [-0.2, 0) is 9.84 Å². The Labute approximate surface area is 110 Å². The molecule has 0 aliphatic carbocycles. The van der Waals surface area contributed by atoms with Gasteiger partial charge in [-0.1, -0.05) is 18.6 Å². The monoisotopic (exact) mass is 267 g/mol. The standard InChI is InChI=1S/C14H21NO2S/c1-12-5-4-7-14(11-12)18(16,17)10-8-13-6-2-3-9-15-13/h4-5,7,11,13,15H,2-3,6,8-10H2,1H3. The summed E-state index contributed by atoms with van der Waals surface area (Å²) in [7, 11) is -3.12. The minimum absolute atomic E-state index is 0.244. The third-order valence-electron chi connectivity index (χ3n) is 3.50. The summed E-state index contributed by atoms with van der Waals surface area (Å²) >= 11 is 0. The average molecular weight is 267 g/mol. The first-order valence-corrected chi connectivity index (χ1v) is 8.26. The first-order chi connectivity index (χ1) is 8.58. The molecule has 2 rings (SSSR count). The molecular weight excluding hydrogens is 246 g/mol. The van der Waals surface area contributed by atoms with Crippen LogP contribution in [0.25, 0.3) is 0 Å². The highest BCUT2D eigenvalue weighted by Gasteiger charge is 2.19. The molecule has 0 bridgehead atoms. The van der Waals surface area contributed by atoms with Gasteiger partial charge in [0.1, 0.15) is 0 Å². The summed E-state index contributed by atoms with van der Waals surface area (Å²) in [5.74, 6) is 0.244. The molecule has 3 nitrogen and oxygen atoms in total. The van der Waals surface area contributed by atoms with Crippen LogP contribution in [0.2, 0.25) is 0 Å². The summed E-state index contributed by atoms with van der Waals surface area (Å²) < 4.78 is 24.4. The highest BCUT2D eigenvalue weighted by molar-refractivity contribution is 7.91. The van der Waals surface area contributed by atoms with Crippen LogP contribution in [0.5, 0.6) is 0 Å². The average Bonchev–Trinajstić information content (AvgIpc) is 2.38. The maximum absolute atomic E-state index is 12.2. The number of hydrogen-bond acceptors (Lipinski definition) is 3. The minimum atomic E-state index is -3.12. The predicted octanol–water partition coefficient (Wildman–Crippen LogP) is 2.30. The van der Waals surface area contributed by atoms with Crippen LogP contribution in [0.1, 0.15) is 31.2 Å². The van der Waals surface area contributed by atoms with Gasteiger partial charge in [-0.25, -0.2) is 8.42 Å². The molecule has 100 valence electrons. The summed E-state index contributed by atoms with van der Waals surface area (Å²) in [5.41, 5.74) is 0.992. The van der Waals surface area contributed by atoms with E-state index in [2.05, 4.69) is 5.32 Å². The van der Waals surface area contributed by atoms with Gasteiger partial charge >= 0.3 is 0 Å². The number of aryl methyl sites for hydroxylation is 1. The molecule has 1 aromatic rings. The summed E-state index contributed by atoms with van der Waals surface area (Å²) in [6.45, 7) is 2.94. The molecule has 1 aliphatic heterocycles. The largest absolute Gasteiger partial charge is 0.314 e. The zero-order valence-corrected chi connectivity index (χ0v) is 11.7. The summed E-state index contributed by atoms with van der Waals surface area (Å²) in [6, 6.07) is 7.54. The van der Waals surface area contributed by atoms with E-state index in [1.807, 2.05) is 13.0 Å². The van der Waals surface area contributed by atoms with Crippen LogP contribution < -0.4 is 5.32 Å². The smallest absolute Gasteiger partial charge is 0.178 e. The van der Waals surface area contributed by atoms with Crippen LogP contribution in [0.15, 0.2) is 29.2 Å². The van der Waals surface area contributed by atoms with Gasteiger partial charge in [-0.3, -0.25) is 0 Å². The first kappa shape index (κ1) is 13.6. The molecule has 1 heterocycles. The molecule has 0 spiro atoms. The number of benzene rings is 1. The molecule has 1 fully saturated rings. The van der Waals surface area contributed by atoms with E-state index in [-0.39, 0.29) is 5.75 Å². The van der Waals surface area contributed by atoms with Gasteiger partial charge in [-0.2, -0.15) is 0 Å². The van der Waals surface area contributed by atoms with Crippen molar-refractivity contribution in [1.29, 1.82) is 0 Å². The van der Waals surface area contributed by atoms with E-state index in [1.54, 1.807) is 18.2 Å². The molecule has 18 heavy (non-hydrogen) atoms. The molecule has 0 amide bonds. The summed E-state index contributed by atoms with van der Waals surface area (Å²) in [4.78, 5) is 0.457. The second-order valence-electron chi connectivity index (χ2n) is 5.07. The third-order valence-corrected chi connectivity index (χ3v) is 5.24. The van der Waals surface area contributed by atoms with Crippen molar-refractivity contribution < 1.29 is 8.42 Å². The lowest BCUT2D eigenvalue weighted by molar-refractivity contribution is 0.392. The SMILES string of the molecule is Cc1cccc(S(=O)(=O)CCC2CCCCN2)c1. The number of piperidine rings is 1. The fraction of sp³-hybridized carbons (Fsp3) is 0.571. The van der Waals surface area contributed by atoms with Crippen LogP contribution >= 0.6 is 0 Å². The maximum atomic E-state index is 12.2. The van der Waals surface area contributed by atoms with Crippen molar-refractivity contribution in [3.63, 3.8) is 0 Å². The normalized spacial score (nSPS) is 20.8. The minimum Gasteiger partial charge on any atom is -0.314 e. The molecule has 1 saturated heterocycles. The summed E-state index contributed by atoms with van der Waals surface area (Å²) in [5, 5.41) is 3.39. The van der Waals surface area contributed by atoms with Crippen LogP contribution in [0, 0.1) is 6.92 Å². The highest BCUT2D eigenvalue weighted by Crippen LogP contribution is 2.17. The lowest BCUT2D eigenvalue weighted by Gasteiger charge is -2.23. The van der Waals surface area contributed by atoms with Gasteiger partial charge in [-0.15, -0.1) is 0 Å². The Morgan fingerprint density at radius 1 is 1.33 bits per heavy atom. The number of hydrogen-bond donors (Lipinski definition) is 1. The quantitative estimate of drug-likeness (QED) is 0.910. The van der Waals surface area contributed by atoms with Crippen molar-refractivity contribution in [3.8, 4) is 0 Å². The van der Waals surface area contributed by atoms with Crippen molar-refractivity contribution in [2.45, 2.75) is 43.5 Å².